The molecule has 5 rings (SSSR count). The van der Waals surface area contributed by atoms with Gasteiger partial charge in [-0.15, -0.1) is 0 Å². The van der Waals surface area contributed by atoms with E-state index in [0.29, 0.717) is 34.0 Å². The van der Waals surface area contributed by atoms with E-state index < -0.39 is 11.9 Å². The molecular weight excluding hydrogens is 428 g/mol. The first-order chi connectivity index (χ1) is 15.6. The van der Waals surface area contributed by atoms with Crippen LogP contribution >= 0.6 is 11.6 Å². The first kappa shape index (κ1) is 20.3. The van der Waals surface area contributed by atoms with Gasteiger partial charge in [-0.2, -0.15) is 0 Å². The number of amides is 1. The molecule has 1 unspecified atom stereocenters. The molecule has 0 saturated heterocycles. The summed E-state index contributed by atoms with van der Waals surface area (Å²) in [7, 11) is 0. The van der Waals surface area contributed by atoms with Crippen LogP contribution in [0, 0.1) is 0 Å². The summed E-state index contributed by atoms with van der Waals surface area (Å²) in [5.41, 5.74) is 1.19. The molecule has 32 heavy (non-hydrogen) atoms. The fourth-order valence-electron chi connectivity index (χ4n) is 3.95. The smallest absolute Gasteiger partial charge is 0.296 e. The maximum absolute atomic E-state index is 13.5. The molecule has 2 aromatic carbocycles. The van der Waals surface area contributed by atoms with Gasteiger partial charge in [-0.25, -0.2) is 4.98 Å². The molecule has 7 heteroatoms. The van der Waals surface area contributed by atoms with Crippen molar-refractivity contribution in [2.24, 2.45) is 0 Å². The van der Waals surface area contributed by atoms with E-state index in [0.717, 1.165) is 17.7 Å². The highest BCUT2D eigenvalue weighted by Gasteiger charge is 2.44. The van der Waals surface area contributed by atoms with Gasteiger partial charge in [-0.3, -0.25) is 14.5 Å². The van der Waals surface area contributed by atoms with Crippen molar-refractivity contribution in [3.63, 3.8) is 0 Å². The van der Waals surface area contributed by atoms with E-state index in [1.807, 2.05) is 31.2 Å². The van der Waals surface area contributed by atoms with E-state index in [4.69, 9.17) is 20.8 Å². The number of aromatic nitrogens is 1. The fraction of sp³-hybridized carbons (Fsp3) is 0.160. The lowest BCUT2D eigenvalue weighted by Crippen LogP contribution is -2.30. The third kappa shape index (κ3) is 3.33. The first-order valence-corrected chi connectivity index (χ1v) is 10.7. The van der Waals surface area contributed by atoms with E-state index >= 15 is 0 Å². The molecule has 1 aliphatic heterocycles. The molecule has 0 radical (unpaired) electrons. The Bertz CT molecular complexity index is 1360. The molecule has 2 aromatic heterocycles. The summed E-state index contributed by atoms with van der Waals surface area (Å²) in [4.78, 5) is 32.8. The Kier molecular flexibility index (Phi) is 5.15. The minimum absolute atomic E-state index is 0.0294. The minimum Gasteiger partial charge on any atom is -0.494 e. The maximum atomic E-state index is 13.5. The van der Waals surface area contributed by atoms with Crippen molar-refractivity contribution >= 4 is 34.3 Å². The molecule has 1 aliphatic rings. The number of benzene rings is 2. The zero-order valence-corrected chi connectivity index (χ0v) is 18.0. The van der Waals surface area contributed by atoms with Gasteiger partial charge in [0.25, 0.3) is 5.91 Å². The van der Waals surface area contributed by atoms with Gasteiger partial charge < -0.3 is 9.15 Å². The van der Waals surface area contributed by atoms with Crippen LogP contribution in [0.1, 0.15) is 41.1 Å². The second-order valence-electron chi connectivity index (χ2n) is 7.50. The Morgan fingerprint density at radius 2 is 1.84 bits per heavy atom. The molecule has 0 saturated carbocycles. The number of fused-ring (bicyclic) bond motifs is 2. The van der Waals surface area contributed by atoms with Crippen molar-refractivity contribution < 1.29 is 13.9 Å². The van der Waals surface area contributed by atoms with Gasteiger partial charge >= 0.3 is 0 Å². The van der Waals surface area contributed by atoms with Gasteiger partial charge in [0, 0.05) is 6.20 Å². The van der Waals surface area contributed by atoms with Crippen LogP contribution in [0.15, 0.2) is 76.1 Å². The minimum atomic E-state index is -0.688. The number of para-hydroxylation sites is 1. The fourth-order valence-corrected chi connectivity index (χ4v) is 4.06. The molecule has 6 nitrogen and oxygen atoms in total. The summed E-state index contributed by atoms with van der Waals surface area (Å²) in [6.45, 7) is 2.65. The van der Waals surface area contributed by atoms with Crippen LogP contribution in [0.5, 0.6) is 5.75 Å². The van der Waals surface area contributed by atoms with E-state index in [9.17, 15) is 9.59 Å². The molecule has 4 aromatic rings. The maximum Gasteiger partial charge on any atom is 0.296 e. The number of carbonyl (C=O) groups is 1. The van der Waals surface area contributed by atoms with E-state index in [2.05, 4.69) is 4.98 Å². The van der Waals surface area contributed by atoms with Crippen molar-refractivity contribution in [3.05, 3.63) is 99.0 Å². The molecule has 3 heterocycles. The standard InChI is InChI=1S/C25H19ClN2O4/c1-2-13-31-17-10-7-15(8-11-17)22-21-23(29)18-5-3-4-6-19(18)32-24(21)25(30)28(22)20-12-9-16(26)14-27-20/h3-12,14,22H,2,13H2,1H3. The summed E-state index contributed by atoms with van der Waals surface area (Å²) in [5, 5.41) is 0.879. The Morgan fingerprint density at radius 1 is 1.06 bits per heavy atom. The van der Waals surface area contributed by atoms with Crippen LogP contribution in [-0.2, 0) is 0 Å². The quantitative estimate of drug-likeness (QED) is 0.411. The van der Waals surface area contributed by atoms with Gasteiger partial charge in [0.1, 0.15) is 17.2 Å². The van der Waals surface area contributed by atoms with Crippen molar-refractivity contribution in [2.75, 3.05) is 11.5 Å². The van der Waals surface area contributed by atoms with Crippen molar-refractivity contribution in [1.82, 2.24) is 4.98 Å². The predicted molar refractivity (Wildman–Crippen MR) is 123 cm³/mol. The second kappa shape index (κ2) is 8.13. The number of nitrogens with zero attached hydrogens (tertiary/aromatic N) is 2. The second-order valence-corrected chi connectivity index (χ2v) is 7.94. The highest BCUT2D eigenvalue weighted by atomic mass is 35.5. The largest absolute Gasteiger partial charge is 0.494 e. The van der Waals surface area contributed by atoms with Gasteiger partial charge in [0.2, 0.25) is 5.76 Å². The van der Waals surface area contributed by atoms with Crippen LogP contribution in [0.25, 0.3) is 11.0 Å². The highest BCUT2D eigenvalue weighted by molar-refractivity contribution is 6.30. The molecule has 0 spiro atoms. The number of pyridine rings is 1. The van der Waals surface area contributed by atoms with Crippen molar-refractivity contribution in [1.29, 1.82) is 0 Å². The van der Waals surface area contributed by atoms with Gasteiger partial charge in [0.05, 0.1) is 28.6 Å². The lowest BCUT2D eigenvalue weighted by Gasteiger charge is -2.24. The van der Waals surface area contributed by atoms with Crippen LogP contribution < -0.4 is 15.1 Å². The summed E-state index contributed by atoms with van der Waals surface area (Å²) in [6, 6.07) is 16.9. The molecule has 1 amide bonds. The molecule has 0 bridgehead atoms. The molecule has 0 fully saturated rings. The molecule has 0 N–H and O–H groups in total. The third-order valence-corrected chi connectivity index (χ3v) is 5.63. The third-order valence-electron chi connectivity index (χ3n) is 5.40. The van der Waals surface area contributed by atoms with E-state index in [-0.39, 0.29) is 11.2 Å². The number of halogens is 1. The number of anilines is 1. The molecular formula is C25H19ClN2O4. The number of ether oxygens (including phenoxy) is 1. The number of carbonyl (C=O) groups excluding carboxylic acids is 1. The molecule has 0 aliphatic carbocycles. The SMILES string of the molecule is CCCOc1ccc(C2c3c(oc4ccccc4c3=O)C(=O)N2c2ccc(Cl)cn2)cc1. The van der Waals surface area contributed by atoms with Gasteiger partial charge in [-0.05, 0) is 48.4 Å². The zero-order valence-electron chi connectivity index (χ0n) is 17.2. The van der Waals surface area contributed by atoms with Crippen molar-refractivity contribution in [2.45, 2.75) is 19.4 Å². The van der Waals surface area contributed by atoms with E-state index in [1.165, 1.54) is 11.1 Å². The highest BCUT2D eigenvalue weighted by Crippen LogP contribution is 2.41. The lowest BCUT2D eigenvalue weighted by atomic mass is 9.98. The first-order valence-electron chi connectivity index (χ1n) is 10.3. The average Bonchev–Trinajstić information content (AvgIpc) is 3.11. The van der Waals surface area contributed by atoms with Crippen LogP contribution in [0.2, 0.25) is 5.02 Å². The van der Waals surface area contributed by atoms with Crippen LogP contribution in [0.3, 0.4) is 0 Å². The van der Waals surface area contributed by atoms with Gasteiger partial charge in [0.15, 0.2) is 5.43 Å². The Balaban J connectivity index is 1.70. The van der Waals surface area contributed by atoms with Crippen LogP contribution in [-0.4, -0.2) is 17.5 Å². The number of hydrogen-bond acceptors (Lipinski definition) is 5. The average molecular weight is 447 g/mol. The Hall–Kier alpha value is -3.64. The lowest BCUT2D eigenvalue weighted by molar-refractivity contribution is 0.0970. The summed E-state index contributed by atoms with van der Waals surface area (Å²) < 4.78 is 11.6. The zero-order chi connectivity index (χ0) is 22.2. The summed E-state index contributed by atoms with van der Waals surface area (Å²) in [5.74, 6) is 0.711. The Labute approximate surface area is 189 Å². The number of hydrogen-bond donors (Lipinski definition) is 0. The summed E-state index contributed by atoms with van der Waals surface area (Å²) in [6.07, 6.45) is 2.37. The summed E-state index contributed by atoms with van der Waals surface area (Å²) >= 11 is 6.00. The molecule has 160 valence electrons. The number of rotatable bonds is 5. The van der Waals surface area contributed by atoms with Crippen LogP contribution in [0.4, 0.5) is 5.82 Å². The monoisotopic (exact) mass is 446 g/mol. The predicted octanol–water partition coefficient (Wildman–Crippen LogP) is 5.38. The van der Waals surface area contributed by atoms with Crippen molar-refractivity contribution in [3.8, 4) is 5.75 Å². The normalized spacial score (nSPS) is 15.2. The topological polar surface area (TPSA) is 72.6 Å². The Morgan fingerprint density at radius 3 is 2.56 bits per heavy atom. The molecule has 1 atom stereocenters. The van der Waals surface area contributed by atoms with E-state index in [1.54, 1.807) is 36.4 Å². The van der Waals surface area contributed by atoms with Gasteiger partial charge in [-0.1, -0.05) is 42.8 Å².